The Bertz CT molecular complexity index is 336. The van der Waals surface area contributed by atoms with Crippen LogP contribution in [0.25, 0.3) is 0 Å². The van der Waals surface area contributed by atoms with Crippen molar-refractivity contribution < 1.29 is 15.0 Å². The number of aromatic hydroxyl groups is 1. The van der Waals surface area contributed by atoms with Crippen molar-refractivity contribution >= 4 is 21.9 Å². The van der Waals surface area contributed by atoms with E-state index >= 15 is 0 Å². The minimum Gasteiger partial charge on any atom is -0.550 e. The van der Waals surface area contributed by atoms with Crippen molar-refractivity contribution in [2.45, 2.75) is 12.8 Å². The van der Waals surface area contributed by atoms with E-state index in [1.54, 1.807) is 12.1 Å². The Morgan fingerprint density at radius 3 is 2.77 bits per heavy atom. The van der Waals surface area contributed by atoms with Gasteiger partial charge in [0.15, 0.2) is 0 Å². The number of hydrogen-bond donors (Lipinski definition) is 1. The first kappa shape index (κ1) is 10.1. The molecule has 0 radical (unpaired) electrons. The number of aliphatic carboxylic acids is 1. The number of carboxylic acids is 1. The fourth-order valence-electron chi connectivity index (χ4n) is 0.999. The molecule has 1 rings (SSSR count). The molecule has 0 heterocycles. The zero-order chi connectivity index (χ0) is 10.0. The van der Waals surface area contributed by atoms with Gasteiger partial charge >= 0.3 is 0 Å². The Labute approximate surface area is 84.1 Å². The molecule has 0 bridgehead atoms. The lowest BCUT2D eigenvalue weighted by atomic mass is 10.0. The van der Waals surface area contributed by atoms with E-state index in [1.165, 1.54) is 13.0 Å². The van der Waals surface area contributed by atoms with Gasteiger partial charge in [-0.15, -0.1) is 0 Å². The third kappa shape index (κ3) is 2.21. The molecule has 3 nitrogen and oxygen atoms in total. The Morgan fingerprint density at radius 2 is 2.23 bits per heavy atom. The molecule has 1 aromatic carbocycles. The summed E-state index contributed by atoms with van der Waals surface area (Å²) in [4.78, 5) is 10.5. The lowest BCUT2D eigenvalue weighted by molar-refractivity contribution is -0.307. The van der Waals surface area contributed by atoms with Crippen LogP contribution in [0.2, 0.25) is 0 Å². The summed E-state index contributed by atoms with van der Waals surface area (Å²) in [6.07, 6.45) is 0. The number of rotatable bonds is 2. The highest BCUT2D eigenvalue weighted by Gasteiger charge is 2.11. The summed E-state index contributed by atoms with van der Waals surface area (Å²) in [6, 6.07) is 4.65. The zero-order valence-corrected chi connectivity index (χ0v) is 8.54. The van der Waals surface area contributed by atoms with Crippen LogP contribution < -0.4 is 5.11 Å². The molecule has 4 heteroatoms. The van der Waals surface area contributed by atoms with E-state index in [-0.39, 0.29) is 5.75 Å². The first-order valence-corrected chi connectivity index (χ1v) is 4.51. The molecule has 13 heavy (non-hydrogen) atoms. The molecule has 0 amide bonds. The number of carbonyl (C=O) groups excluding carboxylic acids is 1. The van der Waals surface area contributed by atoms with Crippen LogP contribution in [0.15, 0.2) is 22.7 Å². The van der Waals surface area contributed by atoms with Crippen LogP contribution in [-0.2, 0) is 4.79 Å². The molecule has 0 fully saturated rings. The molecule has 1 atom stereocenters. The molecule has 0 saturated heterocycles. The smallest absolute Gasteiger partial charge is 0.119 e. The summed E-state index contributed by atoms with van der Waals surface area (Å²) in [7, 11) is 0. The molecule has 0 aliphatic rings. The van der Waals surface area contributed by atoms with Crippen LogP contribution in [0.1, 0.15) is 18.4 Å². The number of halogens is 1. The van der Waals surface area contributed by atoms with E-state index < -0.39 is 11.9 Å². The third-order valence-corrected chi connectivity index (χ3v) is 2.30. The second kappa shape index (κ2) is 3.79. The first-order valence-electron chi connectivity index (χ1n) is 3.71. The lowest BCUT2D eigenvalue weighted by Crippen LogP contribution is -2.28. The highest BCUT2D eigenvalue weighted by molar-refractivity contribution is 9.10. The summed E-state index contributed by atoms with van der Waals surface area (Å²) >= 11 is 3.19. The quantitative estimate of drug-likeness (QED) is 0.844. The minimum atomic E-state index is -1.20. The van der Waals surface area contributed by atoms with Gasteiger partial charge in [0.05, 0.1) is 0 Å². The molecule has 70 valence electrons. The first-order chi connectivity index (χ1) is 6.02. The number of carboxylic acid groups (broad SMARTS) is 1. The van der Waals surface area contributed by atoms with E-state index in [0.29, 0.717) is 5.56 Å². The van der Waals surface area contributed by atoms with Crippen molar-refractivity contribution in [2.24, 2.45) is 0 Å². The standard InChI is InChI=1S/C9H9BrO3/c1-5(9(12)13)7-4-6(10)2-3-8(7)11/h2-5,11H,1H3,(H,12,13)/p-1. The van der Waals surface area contributed by atoms with Crippen molar-refractivity contribution in [3.63, 3.8) is 0 Å². The van der Waals surface area contributed by atoms with E-state index in [4.69, 9.17) is 0 Å². The van der Waals surface area contributed by atoms with E-state index in [2.05, 4.69) is 15.9 Å². The average molecular weight is 244 g/mol. The van der Waals surface area contributed by atoms with Crippen LogP contribution in [0, 0.1) is 0 Å². The molecule has 0 aromatic heterocycles. The SMILES string of the molecule is CC(C(=O)[O-])c1cc(Br)ccc1O. The number of phenols is 1. The van der Waals surface area contributed by atoms with Crippen LogP contribution in [0.4, 0.5) is 0 Å². The highest BCUT2D eigenvalue weighted by Crippen LogP contribution is 2.28. The summed E-state index contributed by atoms with van der Waals surface area (Å²) in [5, 5.41) is 19.9. The van der Waals surface area contributed by atoms with Gasteiger partial charge in [-0.1, -0.05) is 22.9 Å². The zero-order valence-electron chi connectivity index (χ0n) is 6.95. The Morgan fingerprint density at radius 1 is 1.62 bits per heavy atom. The summed E-state index contributed by atoms with van der Waals surface area (Å²) < 4.78 is 0.730. The minimum absolute atomic E-state index is 0.0279. The van der Waals surface area contributed by atoms with Gasteiger partial charge in [-0.2, -0.15) is 0 Å². The molecule has 0 saturated carbocycles. The van der Waals surface area contributed by atoms with Crippen LogP contribution >= 0.6 is 15.9 Å². The molecule has 1 aromatic rings. The molecule has 0 aliphatic carbocycles. The summed E-state index contributed by atoms with van der Waals surface area (Å²) in [5.41, 5.74) is 0.356. The molecular weight excluding hydrogens is 236 g/mol. The summed E-state index contributed by atoms with van der Waals surface area (Å²) in [5.74, 6) is -2.04. The second-order valence-electron chi connectivity index (χ2n) is 2.74. The maximum atomic E-state index is 10.5. The fourth-order valence-corrected chi connectivity index (χ4v) is 1.38. The molecule has 1 N–H and O–H groups in total. The van der Waals surface area contributed by atoms with Crippen LogP contribution in [-0.4, -0.2) is 11.1 Å². The molecular formula is C9H8BrO3-. The van der Waals surface area contributed by atoms with E-state index in [0.717, 1.165) is 4.47 Å². The van der Waals surface area contributed by atoms with E-state index in [1.807, 2.05) is 0 Å². The predicted molar refractivity (Wildman–Crippen MR) is 49.2 cm³/mol. The molecule has 0 aliphatic heterocycles. The molecule has 0 spiro atoms. The monoisotopic (exact) mass is 243 g/mol. The second-order valence-corrected chi connectivity index (χ2v) is 3.66. The van der Waals surface area contributed by atoms with E-state index in [9.17, 15) is 15.0 Å². The van der Waals surface area contributed by atoms with Crippen molar-refractivity contribution in [3.8, 4) is 5.75 Å². The van der Waals surface area contributed by atoms with Gasteiger partial charge in [-0.25, -0.2) is 0 Å². The number of phenolic OH excluding ortho intramolecular Hbond substituents is 1. The topological polar surface area (TPSA) is 60.4 Å². The lowest BCUT2D eigenvalue weighted by Gasteiger charge is -2.14. The predicted octanol–water partition coefficient (Wildman–Crippen LogP) is 1.01. The van der Waals surface area contributed by atoms with Crippen molar-refractivity contribution in [1.82, 2.24) is 0 Å². The van der Waals surface area contributed by atoms with Crippen molar-refractivity contribution in [1.29, 1.82) is 0 Å². The normalized spacial score (nSPS) is 12.5. The average Bonchev–Trinajstić information content (AvgIpc) is 2.08. The van der Waals surface area contributed by atoms with Gasteiger partial charge in [0.25, 0.3) is 0 Å². The van der Waals surface area contributed by atoms with Crippen molar-refractivity contribution in [2.75, 3.05) is 0 Å². The Balaban J connectivity index is 3.12. The van der Waals surface area contributed by atoms with Crippen LogP contribution in [0.3, 0.4) is 0 Å². The maximum absolute atomic E-state index is 10.5. The highest BCUT2D eigenvalue weighted by atomic mass is 79.9. The number of benzene rings is 1. The number of carbonyl (C=O) groups is 1. The summed E-state index contributed by atoms with van der Waals surface area (Å²) in [6.45, 7) is 1.47. The Hall–Kier alpha value is -1.03. The van der Waals surface area contributed by atoms with Gasteiger partial charge in [0.2, 0.25) is 0 Å². The maximum Gasteiger partial charge on any atom is 0.119 e. The third-order valence-electron chi connectivity index (χ3n) is 1.81. The van der Waals surface area contributed by atoms with Gasteiger partial charge in [-0.05, 0) is 18.2 Å². The van der Waals surface area contributed by atoms with Crippen molar-refractivity contribution in [3.05, 3.63) is 28.2 Å². The number of hydrogen-bond acceptors (Lipinski definition) is 3. The molecule has 1 unspecified atom stereocenters. The van der Waals surface area contributed by atoms with Gasteiger partial charge in [0, 0.05) is 21.9 Å². The Kier molecular flexibility index (Phi) is 2.93. The van der Waals surface area contributed by atoms with Crippen LogP contribution in [0.5, 0.6) is 5.75 Å². The largest absolute Gasteiger partial charge is 0.550 e. The van der Waals surface area contributed by atoms with Gasteiger partial charge in [-0.3, -0.25) is 0 Å². The van der Waals surface area contributed by atoms with Gasteiger partial charge in [0.1, 0.15) is 5.75 Å². The fraction of sp³-hybridized carbons (Fsp3) is 0.222. The van der Waals surface area contributed by atoms with Gasteiger partial charge < -0.3 is 15.0 Å².